The van der Waals surface area contributed by atoms with E-state index in [1.807, 2.05) is 0 Å². The zero-order valence-corrected chi connectivity index (χ0v) is 10.6. The highest BCUT2D eigenvalue weighted by Gasteiger charge is 2.19. The fourth-order valence-corrected chi connectivity index (χ4v) is 2.18. The molecule has 2 atom stereocenters. The van der Waals surface area contributed by atoms with Crippen LogP contribution in [0.25, 0.3) is 0 Å². The van der Waals surface area contributed by atoms with Crippen molar-refractivity contribution in [2.24, 2.45) is 0 Å². The third-order valence-corrected chi connectivity index (χ3v) is 3.20. The lowest BCUT2D eigenvalue weighted by atomic mass is 9.99. The molecule has 16 heavy (non-hydrogen) atoms. The Morgan fingerprint density at radius 3 is 1.94 bits per heavy atom. The molecule has 0 bridgehead atoms. The summed E-state index contributed by atoms with van der Waals surface area (Å²) in [6, 6.07) is 0.289. The van der Waals surface area contributed by atoms with Crippen LogP contribution >= 0.6 is 0 Å². The standard InChI is InChI=1S/C14H25NO/c1-15(2)13-11-9-7-5-3-4-6-8-10-12-14(13)16/h5-8,13-14,16H,3-4,9-12H2,1-2H3/b7-5+,8-6+/t13-,14-/m1/s1. The fraction of sp³-hybridized carbons (Fsp3) is 0.714. The van der Waals surface area contributed by atoms with Gasteiger partial charge in [0.1, 0.15) is 0 Å². The summed E-state index contributed by atoms with van der Waals surface area (Å²) in [5, 5.41) is 10.1. The molecule has 1 rings (SSSR count). The van der Waals surface area contributed by atoms with Gasteiger partial charge in [-0.1, -0.05) is 24.3 Å². The van der Waals surface area contributed by atoms with Gasteiger partial charge in [0.25, 0.3) is 0 Å². The fourth-order valence-electron chi connectivity index (χ4n) is 2.18. The van der Waals surface area contributed by atoms with Crippen LogP contribution in [0.3, 0.4) is 0 Å². The van der Waals surface area contributed by atoms with Crippen molar-refractivity contribution < 1.29 is 5.11 Å². The molecule has 0 aromatic heterocycles. The summed E-state index contributed by atoms with van der Waals surface area (Å²) >= 11 is 0. The summed E-state index contributed by atoms with van der Waals surface area (Å²) in [6.07, 6.45) is 15.0. The number of likely N-dealkylation sites (N-methyl/N-ethyl adjacent to an activating group) is 1. The molecule has 0 saturated heterocycles. The van der Waals surface area contributed by atoms with Crippen molar-refractivity contribution in [2.75, 3.05) is 14.1 Å². The van der Waals surface area contributed by atoms with Gasteiger partial charge in [-0.15, -0.1) is 0 Å². The molecule has 92 valence electrons. The van der Waals surface area contributed by atoms with Crippen molar-refractivity contribution in [2.45, 2.75) is 50.7 Å². The van der Waals surface area contributed by atoms with E-state index in [1.165, 1.54) is 0 Å². The van der Waals surface area contributed by atoms with E-state index in [0.717, 1.165) is 38.5 Å². The quantitative estimate of drug-likeness (QED) is 0.691. The molecule has 0 unspecified atom stereocenters. The first-order valence-corrected chi connectivity index (χ1v) is 6.36. The molecule has 1 aliphatic rings. The lowest BCUT2D eigenvalue weighted by Crippen LogP contribution is -2.38. The second-order valence-corrected chi connectivity index (χ2v) is 4.77. The van der Waals surface area contributed by atoms with E-state index >= 15 is 0 Å². The van der Waals surface area contributed by atoms with Crippen molar-refractivity contribution in [1.29, 1.82) is 0 Å². The molecule has 0 heterocycles. The Bertz CT molecular complexity index is 233. The molecule has 0 aromatic carbocycles. The maximum absolute atomic E-state index is 10.1. The molecular formula is C14H25NO. The molecule has 2 heteroatoms. The third kappa shape index (κ3) is 4.95. The van der Waals surface area contributed by atoms with Crippen molar-refractivity contribution in [3.63, 3.8) is 0 Å². The Kier molecular flexibility index (Phi) is 6.43. The third-order valence-electron chi connectivity index (χ3n) is 3.20. The summed E-state index contributed by atoms with van der Waals surface area (Å²) in [5.74, 6) is 0. The highest BCUT2D eigenvalue weighted by molar-refractivity contribution is 4.91. The maximum atomic E-state index is 10.1. The van der Waals surface area contributed by atoms with E-state index in [4.69, 9.17) is 0 Å². The Labute approximate surface area is 99.7 Å². The lowest BCUT2D eigenvalue weighted by Gasteiger charge is -2.28. The first-order valence-electron chi connectivity index (χ1n) is 6.36. The van der Waals surface area contributed by atoms with Gasteiger partial charge in [0.05, 0.1) is 6.10 Å². The molecule has 0 amide bonds. The normalized spacial score (nSPS) is 32.8. The summed E-state index contributed by atoms with van der Waals surface area (Å²) < 4.78 is 0. The Hall–Kier alpha value is -0.600. The molecule has 2 nitrogen and oxygen atoms in total. The van der Waals surface area contributed by atoms with Crippen LogP contribution in [0.15, 0.2) is 24.3 Å². The van der Waals surface area contributed by atoms with Gasteiger partial charge in [0, 0.05) is 6.04 Å². The number of rotatable bonds is 1. The van der Waals surface area contributed by atoms with E-state index in [9.17, 15) is 5.11 Å². The number of hydrogen-bond donors (Lipinski definition) is 1. The van der Waals surface area contributed by atoms with Crippen LogP contribution in [0.5, 0.6) is 0 Å². The number of allylic oxidation sites excluding steroid dienone is 4. The molecular weight excluding hydrogens is 198 g/mol. The average molecular weight is 223 g/mol. The number of hydrogen-bond acceptors (Lipinski definition) is 2. The van der Waals surface area contributed by atoms with Gasteiger partial charge in [-0.3, -0.25) is 0 Å². The van der Waals surface area contributed by atoms with E-state index in [0.29, 0.717) is 0 Å². The Morgan fingerprint density at radius 2 is 1.38 bits per heavy atom. The predicted octanol–water partition coefficient (Wildman–Crippen LogP) is 2.74. The van der Waals surface area contributed by atoms with E-state index in [-0.39, 0.29) is 12.1 Å². The predicted molar refractivity (Wildman–Crippen MR) is 69.5 cm³/mol. The highest BCUT2D eigenvalue weighted by Crippen LogP contribution is 2.14. The van der Waals surface area contributed by atoms with Crippen LogP contribution in [0.4, 0.5) is 0 Å². The van der Waals surface area contributed by atoms with Gasteiger partial charge in [0.2, 0.25) is 0 Å². The second-order valence-electron chi connectivity index (χ2n) is 4.77. The molecule has 1 aliphatic carbocycles. The number of aliphatic hydroxyl groups is 1. The first kappa shape index (κ1) is 13.5. The van der Waals surface area contributed by atoms with Crippen LogP contribution < -0.4 is 0 Å². The monoisotopic (exact) mass is 223 g/mol. The molecule has 0 aromatic rings. The molecule has 0 radical (unpaired) electrons. The summed E-state index contributed by atoms with van der Waals surface area (Å²) in [4.78, 5) is 2.15. The van der Waals surface area contributed by atoms with Crippen LogP contribution in [0, 0.1) is 0 Å². The minimum absolute atomic E-state index is 0.201. The largest absolute Gasteiger partial charge is 0.391 e. The van der Waals surface area contributed by atoms with Gasteiger partial charge in [-0.05, 0) is 52.6 Å². The molecule has 0 saturated carbocycles. The van der Waals surface area contributed by atoms with E-state index < -0.39 is 0 Å². The SMILES string of the molecule is CN(C)[C@@H]1CC/C=C/CC/C=C/CC[C@H]1O. The van der Waals surface area contributed by atoms with Crippen LogP contribution in [-0.2, 0) is 0 Å². The zero-order chi connectivity index (χ0) is 11.8. The molecule has 0 aliphatic heterocycles. The van der Waals surface area contributed by atoms with Gasteiger partial charge >= 0.3 is 0 Å². The average Bonchev–Trinajstić information content (AvgIpc) is 2.22. The summed E-state index contributed by atoms with van der Waals surface area (Å²) in [6.45, 7) is 0. The minimum Gasteiger partial charge on any atom is -0.391 e. The zero-order valence-electron chi connectivity index (χ0n) is 10.6. The van der Waals surface area contributed by atoms with E-state index in [1.54, 1.807) is 0 Å². The van der Waals surface area contributed by atoms with Crippen LogP contribution in [-0.4, -0.2) is 36.2 Å². The Morgan fingerprint density at radius 1 is 0.875 bits per heavy atom. The highest BCUT2D eigenvalue weighted by atomic mass is 16.3. The second kappa shape index (κ2) is 7.64. The van der Waals surface area contributed by atoms with E-state index in [2.05, 4.69) is 43.3 Å². The topological polar surface area (TPSA) is 23.5 Å². The number of aliphatic hydroxyl groups excluding tert-OH is 1. The van der Waals surface area contributed by atoms with Crippen molar-refractivity contribution in [1.82, 2.24) is 4.90 Å². The van der Waals surface area contributed by atoms with Gasteiger partial charge in [0.15, 0.2) is 0 Å². The van der Waals surface area contributed by atoms with Crippen molar-refractivity contribution in [3.05, 3.63) is 24.3 Å². The summed E-state index contributed by atoms with van der Waals surface area (Å²) in [5.41, 5.74) is 0. The molecule has 0 fully saturated rings. The van der Waals surface area contributed by atoms with Crippen molar-refractivity contribution >= 4 is 0 Å². The lowest BCUT2D eigenvalue weighted by molar-refractivity contribution is 0.0656. The van der Waals surface area contributed by atoms with Gasteiger partial charge in [-0.2, -0.15) is 0 Å². The summed E-state index contributed by atoms with van der Waals surface area (Å²) in [7, 11) is 4.11. The Balaban J connectivity index is 2.55. The maximum Gasteiger partial charge on any atom is 0.0698 e. The van der Waals surface area contributed by atoms with Gasteiger partial charge in [-0.25, -0.2) is 0 Å². The molecule has 1 N–H and O–H groups in total. The van der Waals surface area contributed by atoms with Crippen LogP contribution in [0.2, 0.25) is 0 Å². The molecule has 0 spiro atoms. The van der Waals surface area contributed by atoms with Crippen molar-refractivity contribution in [3.8, 4) is 0 Å². The minimum atomic E-state index is -0.201. The first-order chi connectivity index (χ1) is 7.72. The van der Waals surface area contributed by atoms with Gasteiger partial charge < -0.3 is 10.0 Å². The smallest absolute Gasteiger partial charge is 0.0698 e. The van der Waals surface area contributed by atoms with Crippen LogP contribution in [0.1, 0.15) is 38.5 Å². The number of nitrogens with zero attached hydrogens (tertiary/aromatic N) is 1.